The lowest BCUT2D eigenvalue weighted by atomic mass is 9.65. The van der Waals surface area contributed by atoms with Crippen LogP contribution >= 0.6 is 0 Å². The van der Waals surface area contributed by atoms with E-state index in [1.165, 1.54) is 6.92 Å². The molecule has 1 N–H and O–H groups in total. The van der Waals surface area contributed by atoms with Gasteiger partial charge in [-0.2, -0.15) is 0 Å². The summed E-state index contributed by atoms with van der Waals surface area (Å²) in [7, 11) is 0. The van der Waals surface area contributed by atoms with Crippen molar-refractivity contribution in [3.05, 3.63) is 10.1 Å². The van der Waals surface area contributed by atoms with Crippen LogP contribution in [-0.2, 0) is 4.79 Å². The Morgan fingerprint density at radius 3 is 2.53 bits per heavy atom. The molecule has 0 aromatic carbocycles. The highest BCUT2D eigenvalue weighted by molar-refractivity contribution is 5.79. The minimum atomic E-state index is -1.10. The SMILES string of the molecule is CCC[C@@]1([N+](=O)[O-])CC[C@@](C)(O)[C@@H](C(C)=O)C1. The fourth-order valence-corrected chi connectivity index (χ4v) is 2.89. The third kappa shape index (κ3) is 2.65. The number of nitrogens with zero attached hydrogens (tertiary/aromatic N) is 1. The summed E-state index contributed by atoms with van der Waals surface area (Å²) in [5.41, 5.74) is -2.12. The fraction of sp³-hybridized carbons (Fsp3) is 0.917. The second-order valence-electron chi connectivity index (χ2n) is 5.46. The van der Waals surface area contributed by atoms with E-state index in [0.29, 0.717) is 25.7 Å². The van der Waals surface area contributed by atoms with E-state index in [1.54, 1.807) is 6.92 Å². The summed E-state index contributed by atoms with van der Waals surface area (Å²) in [5, 5.41) is 21.4. The summed E-state index contributed by atoms with van der Waals surface area (Å²) in [6, 6.07) is 0. The largest absolute Gasteiger partial charge is 0.389 e. The third-order valence-corrected chi connectivity index (χ3v) is 4.02. The Morgan fingerprint density at radius 2 is 2.12 bits per heavy atom. The van der Waals surface area contributed by atoms with Gasteiger partial charge in [0.2, 0.25) is 5.54 Å². The lowest BCUT2D eigenvalue weighted by Gasteiger charge is -2.41. The monoisotopic (exact) mass is 243 g/mol. The maximum Gasteiger partial charge on any atom is 0.223 e. The van der Waals surface area contributed by atoms with E-state index in [1.807, 2.05) is 6.92 Å². The summed E-state index contributed by atoms with van der Waals surface area (Å²) in [6.07, 6.45) is 2.02. The van der Waals surface area contributed by atoms with Gasteiger partial charge < -0.3 is 5.11 Å². The average molecular weight is 243 g/mol. The highest BCUT2D eigenvalue weighted by Gasteiger charge is 2.54. The fourth-order valence-electron chi connectivity index (χ4n) is 2.89. The van der Waals surface area contributed by atoms with Gasteiger partial charge in [-0.05, 0) is 26.7 Å². The molecule has 0 spiro atoms. The Labute approximate surface area is 101 Å². The second kappa shape index (κ2) is 4.72. The molecule has 1 aliphatic rings. The van der Waals surface area contributed by atoms with Gasteiger partial charge in [0.25, 0.3) is 0 Å². The van der Waals surface area contributed by atoms with Crippen LogP contribution in [0.1, 0.15) is 52.9 Å². The van der Waals surface area contributed by atoms with Crippen LogP contribution in [0.15, 0.2) is 0 Å². The van der Waals surface area contributed by atoms with E-state index >= 15 is 0 Å². The number of carbonyl (C=O) groups is 1. The molecule has 0 saturated heterocycles. The first-order valence-corrected chi connectivity index (χ1v) is 6.12. The summed E-state index contributed by atoms with van der Waals surface area (Å²) in [5.74, 6) is -0.773. The first-order chi connectivity index (χ1) is 7.75. The van der Waals surface area contributed by atoms with Crippen molar-refractivity contribution in [3.8, 4) is 0 Å². The molecule has 1 rings (SSSR count). The molecule has 0 unspecified atom stereocenters. The molecule has 1 fully saturated rings. The molecule has 0 bridgehead atoms. The maximum absolute atomic E-state index is 11.5. The molecular weight excluding hydrogens is 222 g/mol. The van der Waals surface area contributed by atoms with Crippen molar-refractivity contribution in [3.63, 3.8) is 0 Å². The number of aliphatic hydroxyl groups is 1. The number of hydrogen-bond donors (Lipinski definition) is 1. The van der Waals surface area contributed by atoms with E-state index in [9.17, 15) is 20.0 Å². The van der Waals surface area contributed by atoms with Gasteiger partial charge in [0.1, 0.15) is 5.78 Å². The van der Waals surface area contributed by atoms with Crippen LogP contribution in [0.4, 0.5) is 0 Å². The number of carbonyl (C=O) groups excluding carboxylic acids is 1. The molecule has 0 heterocycles. The standard InChI is InChI=1S/C12H21NO4/c1-4-5-12(13(16)17)7-6-11(3,15)10(8-12)9(2)14/h10,15H,4-8H2,1-3H3/t10-,11-,12-/m1/s1. The maximum atomic E-state index is 11.5. The van der Waals surface area contributed by atoms with Gasteiger partial charge in [-0.3, -0.25) is 14.9 Å². The van der Waals surface area contributed by atoms with Crippen LogP contribution in [0.5, 0.6) is 0 Å². The Bertz CT molecular complexity index is 326. The Morgan fingerprint density at radius 1 is 1.53 bits per heavy atom. The van der Waals surface area contributed by atoms with Crippen LogP contribution in [0.2, 0.25) is 0 Å². The van der Waals surface area contributed by atoms with Crippen molar-refractivity contribution in [2.24, 2.45) is 5.92 Å². The molecule has 5 heteroatoms. The smallest absolute Gasteiger partial charge is 0.223 e. The van der Waals surface area contributed by atoms with Crippen molar-refractivity contribution in [1.29, 1.82) is 0 Å². The number of ketones is 1. The molecule has 1 aliphatic carbocycles. The lowest BCUT2D eigenvalue weighted by molar-refractivity contribution is -0.579. The highest BCUT2D eigenvalue weighted by Crippen LogP contribution is 2.43. The van der Waals surface area contributed by atoms with E-state index in [0.717, 1.165) is 0 Å². The number of Topliss-reactive ketones (excluding diaryl/α,β-unsaturated/α-hetero) is 1. The zero-order chi connectivity index (χ0) is 13.3. The van der Waals surface area contributed by atoms with E-state index < -0.39 is 17.1 Å². The van der Waals surface area contributed by atoms with Gasteiger partial charge in [-0.1, -0.05) is 6.92 Å². The number of rotatable bonds is 4. The predicted molar refractivity (Wildman–Crippen MR) is 63.3 cm³/mol. The van der Waals surface area contributed by atoms with Crippen molar-refractivity contribution < 1.29 is 14.8 Å². The Hall–Kier alpha value is -0.970. The van der Waals surface area contributed by atoms with Crippen molar-refractivity contribution >= 4 is 5.78 Å². The van der Waals surface area contributed by atoms with Crippen molar-refractivity contribution in [2.75, 3.05) is 0 Å². The van der Waals surface area contributed by atoms with E-state index in [4.69, 9.17) is 0 Å². The molecule has 0 aromatic heterocycles. The van der Waals surface area contributed by atoms with Crippen LogP contribution in [0.3, 0.4) is 0 Å². The van der Waals surface area contributed by atoms with Crippen molar-refractivity contribution in [2.45, 2.75) is 64.0 Å². The quantitative estimate of drug-likeness (QED) is 0.604. The zero-order valence-corrected chi connectivity index (χ0v) is 10.7. The molecule has 0 amide bonds. The van der Waals surface area contributed by atoms with Crippen LogP contribution in [0.25, 0.3) is 0 Å². The molecule has 17 heavy (non-hydrogen) atoms. The van der Waals surface area contributed by atoms with Gasteiger partial charge in [0.05, 0.1) is 11.5 Å². The highest BCUT2D eigenvalue weighted by atomic mass is 16.6. The molecule has 0 radical (unpaired) electrons. The first kappa shape index (κ1) is 14.1. The van der Waals surface area contributed by atoms with Crippen LogP contribution in [-0.4, -0.2) is 27.0 Å². The molecule has 0 aromatic rings. The summed E-state index contributed by atoms with van der Waals surface area (Å²) >= 11 is 0. The first-order valence-electron chi connectivity index (χ1n) is 6.12. The second-order valence-corrected chi connectivity index (χ2v) is 5.46. The van der Waals surface area contributed by atoms with Gasteiger partial charge in [0, 0.05) is 24.2 Å². The zero-order valence-electron chi connectivity index (χ0n) is 10.7. The molecule has 1 saturated carbocycles. The number of nitro groups is 1. The van der Waals surface area contributed by atoms with E-state index in [-0.39, 0.29) is 17.1 Å². The van der Waals surface area contributed by atoms with Crippen LogP contribution < -0.4 is 0 Å². The molecule has 98 valence electrons. The summed E-state index contributed by atoms with van der Waals surface area (Å²) < 4.78 is 0. The molecule has 5 nitrogen and oxygen atoms in total. The van der Waals surface area contributed by atoms with Gasteiger partial charge in [0.15, 0.2) is 0 Å². The molecular formula is C12H21NO4. The predicted octanol–water partition coefficient (Wildman–Crippen LogP) is 1.94. The average Bonchev–Trinajstić information content (AvgIpc) is 2.20. The Kier molecular flexibility index (Phi) is 3.91. The Balaban J connectivity index is 3.00. The summed E-state index contributed by atoms with van der Waals surface area (Å²) in [4.78, 5) is 22.6. The lowest BCUT2D eigenvalue weighted by Crippen LogP contribution is -2.53. The van der Waals surface area contributed by atoms with Crippen LogP contribution in [0, 0.1) is 16.0 Å². The topological polar surface area (TPSA) is 80.4 Å². The van der Waals surface area contributed by atoms with E-state index in [2.05, 4.69) is 0 Å². The van der Waals surface area contributed by atoms with Gasteiger partial charge in [-0.25, -0.2) is 0 Å². The number of hydrogen-bond acceptors (Lipinski definition) is 4. The molecule has 3 atom stereocenters. The minimum Gasteiger partial charge on any atom is -0.389 e. The van der Waals surface area contributed by atoms with Gasteiger partial charge >= 0.3 is 0 Å². The third-order valence-electron chi connectivity index (χ3n) is 4.02. The van der Waals surface area contributed by atoms with Gasteiger partial charge in [-0.15, -0.1) is 0 Å². The minimum absolute atomic E-state index is 0.156. The normalized spacial score (nSPS) is 37.8. The molecule has 0 aliphatic heterocycles. The summed E-state index contributed by atoms with van der Waals surface area (Å²) in [6.45, 7) is 4.91. The van der Waals surface area contributed by atoms with Crippen molar-refractivity contribution in [1.82, 2.24) is 0 Å².